The lowest BCUT2D eigenvalue weighted by molar-refractivity contribution is 0.0662. The predicted molar refractivity (Wildman–Crippen MR) is 117 cm³/mol. The Kier molecular flexibility index (Phi) is 5.01. The van der Waals surface area contributed by atoms with Crippen LogP contribution in [0.3, 0.4) is 0 Å². The van der Waals surface area contributed by atoms with Crippen molar-refractivity contribution in [2.75, 3.05) is 33.2 Å². The van der Waals surface area contributed by atoms with Crippen LogP contribution in [0.2, 0.25) is 0 Å². The molecule has 164 valence electrons. The molecule has 0 spiro atoms. The second-order valence-electron chi connectivity index (χ2n) is 8.36. The van der Waals surface area contributed by atoms with Crippen molar-refractivity contribution < 1.29 is 19.1 Å². The van der Waals surface area contributed by atoms with E-state index in [-0.39, 0.29) is 47.6 Å². The Morgan fingerprint density at radius 1 is 1.12 bits per heavy atom. The van der Waals surface area contributed by atoms with E-state index in [1.54, 1.807) is 34.1 Å². The summed E-state index contributed by atoms with van der Waals surface area (Å²) < 4.78 is 13.3. The number of hydrogen-bond acceptors (Lipinski definition) is 5. The van der Waals surface area contributed by atoms with Gasteiger partial charge in [-0.2, -0.15) is 0 Å². The highest BCUT2D eigenvalue weighted by molar-refractivity contribution is 6.15. The lowest BCUT2D eigenvalue weighted by atomic mass is 9.95. The fourth-order valence-electron chi connectivity index (χ4n) is 4.50. The molecule has 0 aliphatic carbocycles. The van der Waals surface area contributed by atoms with Crippen LogP contribution in [0.25, 0.3) is 10.9 Å². The van der Waals surface area contributed by atoms with Crippen molar-refractivity contribution in [1.82, 2.24) is 19.7 Å². The lowest BCUT2D eigenvalue weighted by Crippen LogP contribution is -2.47. The van der Waals surface area contributed by atoms with Crippen LogP contribution in [0, 0.1) is 5.82 Å². The van der Waals surface area contributed by atoms with Crippen LogP contribution in [-0.2, 0) is 13.1 Å². The minimum absolute atomic E-state index is 0.135. The first kappa shape index (κ1) is 20.4. The van der Waals surface area contributed by atoms with E-state index in [1.807, 2.05) is 7.05 Å². The van der Waals surface area contributed by atoms with E-state index < -0.39 is 0 Å². The number of aromatic hydroxyl groups is 1. The predicted octanol–water partition coefficient (Wildman–Crippen LogP) is 2.62. The van der Waals surface area contributed by atoms with Crippen LogP contribution in [0.1, 0.15) is 31.8 Å². The molecule has 32 heavy (non-hydrogen) atoms. The van der Waals surface area contributed by atoms with Crippen molar-refractivity contribution in [3.8, 4) is 5.75 Å². The van der Waals surface area contributed by atoms with Gasteiger partial charge in [0.15, 0.2) is 5.75 Å². The topological polar surface area (TPSA) is 77.0 Å². The monoisotopic (exact) mass is 434 g/mol. The van der Waals surface area contributed by atoms with E-state index in [0.717, 1.165) is 18.7 Å². The number of carbonyl (C=O) groups is 2. The number of benzene rings is 2. The SMILES string of the molecule is CN1CCN(C(=O)c2c3c(c(O)c4ncccc24)C(=O)N(Cc2ccc(F)cc2)C3)CC1. The third kappa shape index (κ3) is 3.36. The van der Waals surface area contributed by atoms with Gasteiger partial charge < -0.3 is 19.8 Å². The van der Waals surface area contributed by atoms with Gasteiger partial charge in [0.25, 0.3) is 11.8 Å². The second kappa shape index (κ2) is 7.87. The molecule has 0 unspecified atom stereocenters. The molecule has 0 saturated carbocycles. The molecular weight excluding hydrogens is 411 g/mol. The molecule has 2 aromatic carbocycles. The third-order valence-electron chi connectivity index (χ3n) is 6.28. The molecule has 1 N–H and O–H groups in total. The summed E-state index contributed by atoms with van der Waals surface area (Å²) in [5.74, 6) is -1.05. The molecule has 2 aliphatic rings. The normalized spacial score (nSPS) is 16.6. The highest BCUT2D eigenvalue weighted by Crippen LogP contribution is 2.40. The highest BCUT2D eigenvalue weighted by Gasteiger charge is 2.37. The van der Waals surface area contributed by atoms with Gasteiger partial charge in [0.05, 0.1) is 11.1 Å². The number of amides is 2. The molecule has 0 atom stereocenters. The van der Waals surface area contributed by atoms with Gasteiger partial charge >= 0.3 is 0 Å². The van der Waals surface area contributed by atoms with Crippen molar-refractivity contribution >= 4 is 22.7 Å². The third-order valence-corrected chi connectivity index (χ3v) is 6.28. The molecule has 7 nitrogen and oxygen atoms in total. The zero-order valence-electron chi connectivity index (χ0n) is 17.7. The Labute approximate surface area is 184 Å². The number of rotatable bonds is 3. The van der Waals surface area contributed by atoms with Crippen LogP contribution in [0.5, 0.6) is 5.75 Å². The maximum absolute atomic E-state index is 13.6. The fourth-order valence-corrected chi connectivity index (χ4v) is 4.50. The zero-order valence-corrected chi connectivity index (χ0v) is 17.7. The van der Waals surface area contributed by atoms with Crippen LogP contribution >= 0.6 is 0 Å². The van der Waals surface area contributed by atoms with Crippen molar-refractivity contribution in [2.24, 2.45) is 0 Å². The van der Waals surface area contributed by atoms with Crippen molar-refractivity contribution in [2.45, 2.75) is 13.1 Å². The van der Waals surface area contributed by atoms with Crippen LogP contribution in [-0.4, -0.2) is 69.8 Å². The standard InChI is InChI=1S/C24H23FN4O3/c1-27-9-11-28(12-10-27)23(31)19-17-3-2-8-26-21(17)22(30)20-18(19)14-29(24(20)32)13-15-4-6-16(25)7-5-15/h2-8,30H,9-14H2,1H3. The number of hydrogen-bond donors (Lipinski definition) is 1. The second-order valence-corrected chi connectivity index (χ2v) is 8.36. The number of phenolic OH excluding ortho intramolecular Hbond substituents is 1. The van der Waals surface area contributed by atoms with Gasteiger partial charge in [-0.15, -0.1) is 0 Å². The summed E-state index contributed by atoms with van der Waals surface area (Å²) >= 11 is 0. The van der Waals surface area contributed by atoms with E-state index in [9.17, 15) is 19.1 Å². The summed E-state index contributed by atoms with van der Waals surface area (Å²) in [5.41, 5.74) is 2.11. The van der Waals surface area contributed by atoms with E-state index in [0.29, 0.717) is 29.6 Å². The number of carbonyl (C=O) groups excluding carboxylic acids is 2. The lowest BCUT2D eigenvalue weighted by Gasteiger charge is -2.33. The largest absolute Gasteiger partial charge is 0.505 e. The molecule has 2 aliphatic heterocycles. The summed E-state index contributed by atoms with van der Waals surface area (Å²) in [4.78, 5) is 36.7. The molecule has 1 aromatic heterocycles. The molecular formula is C24H23FN4O3. The van der Waals surface area contributed by atoms with Crippen molar-refractivity contribution in [3.05, 3.63) is 70.7 Å². The Balaban J connectivity index is 1.58. The molecule has 1 fully saturated rings. The average molecular weight is 434 g/mol. The van der Waals surface area contributed by atoms with Gasteiger partial charge in [0, 0.05) is 56.4 Å². The Morgan fingerprint density at radius 3 is 2.56 bits per heavy atom. The van der Waals surface area contributed by atoms with Gasteiger partial charge in [-0.05, 0) is 30.8 Å². The molecule has 3 aromatic rings. The van der Waals surface area contributed by atoms with E-state index in [1.165, 1.54) is 18.3 Å². The quantitative estimate of drug-likeness (QED) is 0.686. The minimum Gasteiger partial charge on any atom is -0.505 e. The van der Waals surface area contributed by atoms with Crippen molar-refractivity contribution in [3.63, 3.8) is 0 Å². The van der Waals surface area contributed by atoms with E-state index in [4.69, 9.17) is 0 Å². The summed E-state index contributed by atoms with van der Waals surface area (Å²) in [6.45, 7) is 3.19. The van der Waals surface area contributed by atoms with E-state index >= 15 is 0 Å². The Hall–Kier alpha value is -3.52. The van der Waals surface area contributed by atoms with Gasteiger partial charge in [0.2, 0.25) is 0 Å². The number of phenols is 1. The van der Waals surface area contributed by atoms with Gasteiger partial charge in [-0.1, -0.05) is 18.2 Å². The number of nitrogens with zero attached hydrogens (tertiary/aromatic N) is 4. The summed E-state index contributed by atoms with van der Waals surface area (Å²) in [6, 6.07) is 9.43. The molecule has 1 saturated heterocycles. The first-order valence-electron chi connectivity index (χ1n) is 10.6. The molecule has 5 rings (SSSR count). The molecule has 0 radical (unpaired) electrons. The number of fused-ring (bicyclic) bond motifs is 2. The number of likely N-dealkylation sites (N-methyl/N-ethyl adjacent to an activating group) is 1. The number of piperazine rings is 1. The van der Waals surface area contributed by atoms with Gasteiger partial charge in [-0.3, -0.25) is 14.6 Å². The molecule has 3 heterocycles. The molecule has 8 heteroatoms. The number of aromatic nitrogens is 1. The zero-order chi connectivity index (χ0) is 22.4. The minimum atomic E-state index is -0.359. The first-order valence-corrected chi connectivity index (χ1v) is 10.6. The Morgan fingerprint density at radius 2 is 1.84 bits per heavy atom. The number of halogens is 1. The van der Waals surface area contributed by atoms with Crippen LogP contribution < -0.4 is 0 Å². The number of pyridine rings is 1. The van der Waals surface area contributed by atoms with Crippen LogP contribution in [0.4, 0.5) is 4.39 Å². The first-order chi connectivity index (χ1) is 15.4. The summed E-state index contributed by atoms with van der Waals surface area (Å²) in [7, 11) is 2.02. The average Bonchev–Trinajstić information content (AvgIpc) is 3.12. The summed E-state index contributed by atoms with van der Waals surface area (Å²) in [5, 5.41) is 11.5. The van der Waals surface area contributed by atoms with E-state index in [2.05, 4.69) is 9.88 Å². The fraction of sp³-hybridized carbons (Fsp3) is 0.292. The van der Waals surface area contributed by atoms with Gasteiger partial charge in [-0.25, -0.2) is 4.39 Å². The van der Waals surface area contributed by atoms with Crippen LogP contribution in [0.15, 0.2) is 42.6 Å². The summed E-state index contributed by atoms with van der Waals surface area (Å²) in [6.07, 6.45) is 1.54. The molecule has 0 bridgehead atoms. The molecule has 2 amide bonds. The smallest absolute Gasteiger partial charge is 0.258 e. The van der Waals surface area contributed by atoms with Gasteiger partial charge in [0.1, 0.15) is 11.3 Å². The maximum Gasteiger partial charge on any atom is 0.258 e. The van der Waals surface area contributed by atoms with Crippen molar-refractivity contribution in [1.29, 1.82) is 0 Å². The Bertz CT molecular complexity index is 1220. The highest BCUT2D eigenvalue weighted by atomic mass is 19.1. The maximum atomic E-state index is 13.6.